The number of carbonyl (C=O) groups is 1. The van der Waals surface area contributed by atoms with Gasteiger partial charge in [-0.3, -0.25) is 4.79 Å². The van der Waals surface area contributed by atoms with Gasteiger partial charge in [0.2, 0.25) is 5.43 Å². The fourth-order valence-corrected chi connectivity index (χ4v) is 3.39. The summed E-state index contributed by atoms with van der Waals surface area (Å²) in [6, 6.07) is 15.8. The molecule has 0 fully saturated rings. The highest BCUT2D eigenvalue weighted by Crippen LogP contribution is 2.22. The van der Waals surface area contributed by atoms with Gasteiger partial charge >= 0.3 is 5.97 Å². The Labute approximate surface area is 171 Å². The second-order valence-corrected chi connectivity index (χ2v) is 6.82. The number of pyridine rings is 2. The van der Waals surface area contributed by atoms with Gasteiger partial charge in [-0.25, -0.2) is 14.2 Å². The SMILES string of the molecule is CNc1ccc(-c2ccc(Cn3cc(C(=O)O)c(=O)c4c(F)cccc43)cc2)cn1. The summed E-state index contributed by atoms with van der Waals surface area (Å²) in [6.45, 7) is 0.289. The second kappa shape index (κ2) is 7.79. The second-order valence-electron chi connectivity index (χ2n) is 6.82. The highest BCUT2D eigenvalue weighted by Gasteiger charge is 2.17. The zero-order valence-electron chi connectivity index (χ0n) is 16.1. The summed E-state index contributed by atoms with van der Waals surface area (Å²) >= 11 is 0. The van der Waals surface area contributed by atoms with E-state index >= 15 is 0 Å². The van der Waals surface area contributed by atoms with Crippen LogP contribution in [0.2, 0.25) is 0 Å². The summed E-state index contributed by atoms with van der Waals surface area (Å²) in [4.78, 5) is 28.2. The Hall–Kier alpha value is -4.00. The molecule has 0 saturated heterocycles. The van der Waals surface area contributed by atoms with Crippen molar-refractivity contribution in [3.05, 3.63) is 94.2 Å². The highest BCUT2D eigenvalue weighted by molar-refractivity contribution is 5.92. The van der Waals surface area contributed by atoms with Crippen molar-refractivity contribution in [3.63, 3.8) is 0 Å². The number of anilines is 1. The van der Waals surface area contributed by atoms with Crippen molar-refractivity contribution in [2.45, 2.75) is 6.54 Å². The minimum Gasteiger partial charge on any atom is -0.477 e. The third-order valence-corrected chi connectivity index (χ3v) is 4.95. The predicted octanol–water partition coefficient (Wildman–Crippen LogP) is 3.99. The van der Waals surface area contributed by atoms with Gasteiger partial charge in [-0.05, 0) is 35.4 Å². The average Bonchev–Trinajstić information content (AvgIpc) is 2.76. The first kappa shape index (κ1) is 19.3. The molecule has 2 aromatic carbocycles. The van der Waals surface area contributed by atoms with Crippen LogP contribution in [0.1, 0.15) is 15.9 Å². The van der Waals surface area contributed by atoms with E-state index in [1.807, 2.05) is 36.4 Å². The Kier molecular flexibility index (Phi) is 5.02. The summed E-state index contributed by atoms with van der Waals surface area (Å²) in [5, 5.41) is 12.1. The lowest BCUT2D eigenvalue weighted by Crippen LogP contribution is -2.20. The third-order valence-electron chi connectivity index (χ3n) is 4.95. The first-order chi connectivity index (χ1) is 14.5. The maximum absolute atomic E-state index is 14.3. The normalized spacial score (nSPS) is 10.9. The van der Waals surface area contributed by atoms with E-state index in [1.165, 1.54) is 12.3 Å². The van der Waals surface area contributed by atoms with Crippen molar-refractivity contribution in [1.82, 2.24) is 9.55 Å². The smallest absolute Gasteiger partial charge is 0.341 e. The topological polar surface area (TPSA) is 84.2 Å². The Balaban J connectivity index is 1.72. The summed E-state index contributed by atoms with van der Waals surface area (Å²) in [5.41, 5.74) is 1.89. The van der Waals surface area contributed by atoms with Gasteiger partial charge in [-0.15, -0.1) is 0 Å². The summed E-state index contributed by atoms with van der Waals surface area (Å²) in [6.07, 6.45) is 3.04. The van der Waals surface area contributed by atoms with E-state index in [0.29, 0.717) is 5.52 Å². The fraction of sp³-hybridized carbons (Fsp3) is 0.0870. The number of halogens is 1. The predicted molar refractivity (Wildman–Crippen MR) is 113 cm³/mol. The lowest BCUT2D eigenvalue weighted by atomic mass is 10.1. The van der Waals surface area contributed by atoms with Gasteiger partial charge < -0.3 is 15.0 Å². The molecule has 4 rings (SSSR count). The molecule has 0 aliphatic rings. The largest absolute Gasteiger partial charge is 0.477 e. The standard InChI is InChI=1S/C23H18FN3O3/c1-25-20-10-9-16(11-26-20)15-7-5-14(6-8-15)12-27-13-17(23(29)30)22(28)21-18(24)3-2-4-19(21)27/h2-11,13H,12H2,1H3,(H,25,26)(H,29,30). The van der Waals surface area contributed by atoms with Crippen LogP contribution in [0.5, 0.6) is 0 Å². The number of nitrogens with zero attached hydrogens (tertiary/aromatic N) is 2. The number of fused-ring (bicyclic) bond motifs is 1. The van der Waals surface area contributed by atoms with Crippen LogP contribution in [-0.4, -0.2) is 27.7 Å². The van der Waals surface area contributed by atoms with Crippen molar-refractivity contribution in [3.8, 4) is 11.1 Å². The number of benzene rings is 2. The molecule has 2 heterocycles. The molecule has 30 heavy (non-hydrogen) atoms. The van der Waals surface area contributed by atoms with Crippen molar-refractivity contribution in [2.75, 3.05) is 12.4 Å². The molecule has 0 saturated carbocycles. The molecule has 0 spiro atoms. The average molecular weight is 403 g/mol. The van der Waals surface area contributed by atoms with Crippen LogP contribution >= 0.6 is 0 Å². The van der Waals surface area contributed by atoms with Gasteiger partial charge in [0.05, 0.1) is 10.9 Å². The number of carboxylic acid groups (broad SMARTS) is 1. The maximum Gasteiger partial charge on any atom is 0.341 e. The van der Waals surface area contributed by atoms with Crippen LogP contribution in [-0.2, 0) is 6.54 Å². The molecule has 0 aliphatic heterocycles. The minimum atomic E-state index is -1.38. The monoisotopic (exact) mass is 403 g/mol. The zero-order chi connectivity index (χ0) is 21.3. The third kappa shape index (κ3) is 3.53. The minimum absolute atomic E-state index is 0.218. The Morgan fingerprint density at radius 1 is 1.10 bits per heavy atom. The maximum atomic E-state index is 14.3. The van der Waals surface area contributed by atoms with Crippen LogP contribution in [0.15, 0.2) is 71.8 Å². The molecule has 150 valence electrons. The Morgan fingerprint density at radius 3 is 2.47 bits per heavy atom. The Bertz CT molecular complexity index is 1300. The number of hydrogen-bond acceptors (Lipinski definition) is 4. The van der Waals surface area contributed by atoms with Crippen LogP contribution in [0.3, 0.4) is 0 Å². The van der Waals surface area contributed by atoms with E-state index in [4.69, 9.17) is 0 Å². The quantitative estimate of drug-likeness (QED) is 0.526. The van der Waals surface area contributed by atoms with E-state index < -0.39 is 22.8 Å². The fourth-order valence-electron chi connectivity index (χ4n) is 3.39. The van der Waals surface area contributed by atoms with E-state index in [2.05, 4.69) is 10.3 Å². The molecule has 0 atom stereocenters. The number of aromatic nitrogens is 2. The molecule has 7 heteroatoms. The van der Waals surface area contributed by atoms with E-state index in [1.54, 1.807) is 23.9 Å². The first-order valence-corrected chi connectivity index (χ1v) is 9.26. The van der Waals surface area contributed by atoms with Gasteiger partial charge in [-0.1, -0.05) is 30.3 Å². The number of carboxylic acids is 1. The number of aromatic carboxylic acids is 1. The van der Waals surface area contributed by atoms with E-state index in [9.17, 15) is 19.1 Å². The van der Waals surface area contributed by atoms with E-state index in [0.717, 1.165) is 28.6 Å². The van der Waals surface area contributed by atoms with Crippen molar-refractivity contribution in [1.29, 1.82) is 0 Å². The molecular formula is C23H18FN3O3. The molecule has 6 nitrogen and oxygen atoms in total. The zero-order valence-corrected chi connectivity index (χ0v) is 16.1. The van der Waals surface area contributed by atoms with Gasteiger partial charge in [0.15, 0.2) is 0 Å². The lowest BCUT2D eigenvalue weighted by Gasteiger charge is -2.13. The molecule has 2 aromatic heterocycles. The van der Waals surface area contributed by atoms with Gasteiger partial charge in [0.1, 0.15) is 17.2 Å². The van der Waals surface area contributed by atoms with Crippen LogP contribution in [0.4, 0.5) is 10.2 Å². The van der Waals surface area contributed by atoms with E-state index in [-0.39, 0.29) is 11.9 Å². The molecular weight excluding hydrogens is 385 g/mol. The van der Waals surface area contributed by atoms with Gasteiger partial charge in [-0.2, -0.15) is 0 Å². The first-order valence-electron chi connectivity index (χ1n) is 9.26. The van der Waals surface area contributed by atoms with Crippen LogP contribution in [0.25, 0.3) is 22.0 Å². The van der Waals surface area contributed by atoms with Crippen molar-refractivity contribution >= 4 is 22.7 Å². The molecule has 4 aromatic rings. The highest BCUT2D eigenvalue weighted by atomic mass is 19.1. The molecule has 0 radical (unpaired) electrons. The molecule has 0 unspecified atom stereocenters. The van der Waals surface area contributed by atoms with Crippen LogP contribution < -0.4 is 10.7 Å². The lowest BCUT2D eigenvalue weighted by molar-refractivity contribution is 0.0695. The summed E-state index contributed by atoms with van der Waals surface area (Å²) in [5.74, 6) is -1.34. The molecule has 2 N–H and O–H groups in total. The Morgan fingerprint density at radius 2 is 1.83 bits per heavy atom. The number of hydrogen-bond donors (Lipinski definition) is 2. The van der Waals surface area contributed by atoms with Gasteiger partial charge in [0.25, 0.3) is 0 Å². The molecule has 0 aliphatic carbocycles. The summed E-state index contributed by atoms with van der Waals surface area (Å²) in [7, 11) is 1.80. The molecule has 0 amide bonds. The van der Waals surface area contributed by atoms with Crippen molar-refractivity contribution in [2.24, 2.45) is 0 Å². The summed E-state index contributed by atoms with van der Waals surface area (Å²) < 4.78 is 15.9. The number of nitrogens with one attached hydrogen (secondary N) is 1. The van der Waals surface area contributed by atoms with Gasteiger partial charge in [0, 0.05) is 31.5 Å². The number of rotatable bonds is 5. The molecule has 0 bridgehead atoms. The van der Waals surface area contributed by atoms with Crippen LogP contribution in [0, 0.1) is 5.82 Å². The van der Waals surface area contributed by atoms with Crippen molar-refractivity contribution < 1.29 is 14.3 Å².